The Hall–Kier alpha value is -1.88. The molecule has 0 amide bonds. The smallest absolute Gasteiger partial charge is 0.149 e. The Kier molecular flexibility index (Phi) is 3.92. The first kappa shape index (κ1) is 14.1. The summed E-state index contributed by atoms with van der Waals surface area (Å²) < 4.78 is 7.67. The van der Waals surface area contributed by atoms with Crippen LogP contribution in [0.15, 0.2) is 18.2 Å². The second-order valence-electron chi connectivity index (χ2n) is 5.65. The molecule has 0 aliphatic carbocycles. The third-order valence-electron chi connectivity index (χ3n) is 4.06. The lowest BCUT2D eigenvalue weighted by atomic mass is 10.1. The zero-order valence-corrected chi connectivity index (χ0v) is 12.9. The fourth-order valence-electron chi connectivity index (χ4n) is 2.89. The van der Waals surface area contributed by atoms with Crippen LogP contribution in [0.1, 0.15) is 42.2 Å². The standard InChI is InChI=1S/C16H22N4O/c1-11-6-7-14(21-3)13(9-11)10-17-12(2)16-19-18-15-5-4-8-20(15)16/h6-7,9,12,17H,4-5,8,10H2,1-3H3/t12-/m0/s1. The third kappa shape index (κ3) is 2.78. The van der Waals surface area contributed by atoms with Crippen molar-refractivity contribution >= 4 is 0 Å². The van der Waals surface area contributed by atoms with E-state index in [0.717, 1.165) is 36.9 Å². The van der Waals surface area contributed by atoms with Gasteiger partial charge in [-0.05, 0) is 26.3 Å². The minimum atomic E-state index is 0.176. The van der Waals surface area contributed by atoms with Crippen LogP contribution in [-0.4, -0.2) is 21.9 Å². The predicted molar refractivity (Wildman–Crippen MR) is 81.3 cm³/mol. The molecule has 2 heterocycles. The van der Waals surface area contributed by atoms with Crippen LogP contribution in [0.3, 0.4) is 0 Å². The first-order valence-corrected chi connectivity index (χ1v) is 7.48. The second-order valence-corrected chi connectivity index (χ2v) is 5.65. The van der Waals surface area contributed by atoms with E-state index in [1.807, 2.05) is 6.07 Å². The fourth-order valence-corrected chi connectivity index (χ4v) is 2.89. The molecule has 1 atom stereocenters. The van der Waals surface area contributed by atoms with Crippen molar-refractivity contribution in [1.29, 1.82) is 0 Å². The predicted octanol–water partition coefficient (Wildman–Crippen LogP) is 2.39. The molecular formula is C16H22N4O. The molecule has 0 saturated heterocycles. The summed E-state index contributed by atoms with van der Waals surface area (Å²) in [5.41, 5.74) is 2.41. The number of ether oxygens (including phenoxy) is 1. The molecule has 0 spiro atoms. The Morgan fingerprint density at radius 2 is 2.24 bits per heavy atom. The van der Waals surface area contributed by atoms with E-state index in [1.54, 1.807) is 7.11 Å². The summed E-state index contributed by atoms with van der Waals surface area (Å²) >= 11 is 0. The van der Waals surface area contributed by atoms with Crippen LogP contribution in [0.5, 0.6) is 5.75 Å². The zero-order valence-electron chi connectivity index (χ0n) is 12.9. The summed E-state index contributed by atoms with van der Waals surface area (Å²) in [4.78, 5) is 0. The zero-order chi connectivity index (χ0) is 14.8. The van der Waals surface area contributed by atoms with Gasteiger partial charge in [-0.1, -0.05) is 17.7 Å². The van der Waals surface area contributed by atoms with Crippen molar-refractivity contribution < 1.29 is 4.74 Å². The number of aromatic nitrogens is 3. The van der Waals surface area contributed by atoms with Crippen LogP contribution >= 0.6 is 0 Å². The van der Waals surface area contributed by atoms with E-state index in [4.69, 9.17) is 4.74 Å². The molecular weight excluding hydrogens is 264 g/mol. The van der Waals surface area contributed by atoms with Crippen molar-refractivity contribution in [1.82, 2.24) is 20.1 Å². The highest BCUT2D eigenvalue weighted by Gasteiger charge is 2.21. The van der Waals surface area contributed by atoms with E-state index in [1.165, 1.54) is 17.5 Å². The Labute approximate surface area is 125 Å². The van der Waals surface area contributed by atoms with Crippen molar-refractivity contribution in [2.24, 2.45) is 0 Å². The maximum Gasteiger partial charge on any atom is 0.149 e. The van der Waals surface area contributed by atoms with Gasteiger partial charge >= 0.3 is 0 Å². The Bertz CT molecular complexity index is 635. The van der Waals surface area contributed by atoms with Crippen LogP contribution in [0.25, 0.3) is 0 Å². The van der Waals surface area contributed by atoms with Crippen molar-refractivity contribution in [3.8, 4) is 5.75 Å². The second kappa shape index (κ2) is 5.85. The number of fused-ring (bicyclic) bond motifs is 1. The van der Waals surface area contributed by atoms with E-state index in [9.17, 15) is 0 Å². The van der Waals surface area contributed by atoms with Gasteiger partial charge < -0.3 is 14.6 Å². The van der Waals surface area contributed by atoms with Gasteiger partial charge in [0.05, 0.1) is 13.2 Å². The molecule has 0 fully saturated rings. The lowest BCUT2D eigenvalue weighted by molar-refractivity contribution is 0.405. The average Bonchev–Trinajstić information content (AvgIpc) is 3.07. The molecule has 0 saturated carbocycles. The molecule has 112 valence electrons. The largest absolute Gasteiger partial charge is 0.496 e. The summed E-state index contributed by atoms with van der Waals surface area (Å²) in [5.74, 6) is 3.08. The summed E-state index contributed by atoms with van der Waals surface area (Å²) in [5, 5.41) is 12.1. The van der Waals surface area contributed by atoms with Gasteiger partial charge in [-0.2, -0.15) is 0 Å². The third-order valence-corrected chi connectivity index (χ3v) is 4.06. The summed E-state index contributed by atoms with van der Waals surface area (Å²) in [6.45, 7) is 6.03. The molecule has 1 N–H and O–H groups in total. The topological polar surface area (TPSA) is 52.0 Å². The summed E-state index contributed by atoms with van der Waals surface area (Å²) in [6, 6.07) is 6.42. The number of methoxy groups -OCH3 is 1. The van der Waals surface area contributed by atoms with E-state index < -0.39 is 0 Å². The molecule has 5 heteroatoms. The molecule has 3 rings (SSSR count). The van der Waals surface area contributed by atoms with Gasteiger partial charge in [-0.15, -0.1) is 10.2 Å². The molecule has 0 bridgehead atoms. The fraction of sp³-hybridized carbons (Fsp3) is 0.500. The maximum atomic E-state index is 5.42. The highest BCUT2D eigenvalue weighted by Crippen LogP contribution is 2.22. The minimum absolute atomic E-state index is 0.176. The Morgan fingerprint density at radius 1 is 1.38 bits per heavy atom. The van der Waals surface area contributed by atoms with Crippen LogP contribution in [0.4, 0.5) is 0 Å². The van der Waals surface area contributed by atoms with Gasteiger partial charge in [0.25, 0.3) is 0 Å². The molecule has 5 nitrogen and oxygen atoms in total. The van der Waals surface area contributed by atoms with Crippen LogP contribution in [0, 0.1) is 6.92 Å². The van der Waals surface area contributed by atoms with Gasteiger partial charge in [-0.3, -0.25) is 0 Å². The number of nitrogens with zero attached hydrogens (tertiary/aromatic N) is 3. The Morgan fingerprint density at radius 3 is 3.05 bits per heavy atom. The van der Waals surface area contributed by atoms with Crippen molar-refractivity contribution in [2.45, 2.75) is 45.8 Å². The van der Waals surface area contributed by atoms with Crippen LogP contribution in [0.2, 0.25) is 0 Å². The normalized spacial score (nSPS) is 15.0. The monoisotopic (exact) mass is 286 g/mol. The number of aryl methyl sites for hydroxylation is 2. The summed E-state index contributed by atoms with van der Waals surface area (Å²) in [6.07, 6.45) is 2.22. The first-order valence-electron chi connectivity index (χ1n) is 7.48. The van der Waals surface area contributed by atoms with Gasteiger partial charge in [0.1, 0.15) is 17.4 Å². The Balaban J connectivity index is 1.71. The SMILES string of the molecule is COc1ccc(C)cc1CN[C@@H](C)c1nnc2n1CCC2. The van der Waals surface area contributed by atoms with E-state index in [-0.39, 0.29) is 6.04 Å². The van der Waals surface area contributed by atoms with Gasteiger partial charge in [0.2, 0.25) is 0 Å². The molecule has 1 aromatic heterocycles. The van der Waals surface area contributed by atoms with Crippen molar-refractivity contribution in [3.05, 3.63) is 41.0 Å². The van der Waals surface area contributed by atoms with E-state index >= 15 is 0 Å². The lowest BCUT2D eigenvalue weighted by Gasteiger charge is -2.16. The molecule has 1 aliphatic rings. The molecule has 2 aromatic rings. The maximum absolute atomic E-state index is 5.42. The lowest BCUT2D eigenvalue weighted by Crippen LogP contribution is -2.22. The molecule has 21 heavy (non-hydrogen) atoms. The minimum Gasteiger partial charge on any atom is -0.496 e. The van der Waals surface area contributed by atoms with Crippen molar-refractivity contribution in [3.63, 3.8) is 0 Å². The van der Waals surface area contributed by atoms with Crippen LogP contribution < -0.4 is 10.1 Å². The van der Waals surface area contributed by atoms with Gasteiger partial charge in [0, 0.05) is 25.1 Å². The number of hydrogen-bond acceptors (Lipinski definition) is 4. The van der Waals surface area contributed by atoms with E-state index in [0.29, 0.717) is 0 Å². The van der Waals surface area contributed by atoms with Crippen molar-refractivity contribution in [2.75, 3.05) is 7.11 Å². The summed E-state index contributed by atoms with van der Waals surface area (Å²) in [7, 11) is 1.71. The van der Waals surface area contributed by atoms with Gasteiger partial charge in [-0.25, -0.2) is 0 Å². The first-order chi connectivity index (χ1) is 10.2. The number of rotatable bonds is 5. The molecule has 0 unspecified atom stereocenters. The molecule has 1 aromatic carbocycles. The average molecular weight is 286 g/mol. The number of hydrogen-bond donors (Lipinski definition) is 1. The van der Waals surface area contributed by atoms with E-state index in [2.05, 4.69) is 46.1 Å². The quantitative estimate of drug-likeness (QED) is 0.917. The molecule has 1 aliphatic heterocycles. The van der Waals surface area contributed by atoms with Gasteiger partial charge in [0.15, 0.2) is 0 Å². The highest BCUT2D eigenvalue weighted by atomic mass is 16.5. The number of benzene rings is 1. The molecule has 0 radical (unpaired) electrons. The number of nitrogens with one attached hydrogen (secondary N) is 1. The van der Waals surface area contributed by atoms with Crippen LogP contribution in [-0.2, 0) is 19.5 Å². The highest BCUT2D eigenvalue weighted by molar-refractivity contribution is 5.36.